The molecule has 0 heterocycles. The van der Waals surface area contributed by atoms with E-state index in [-0.39, 0.29) is 12.5 Å². The molecule has 0 unspecified atom stereocenters. The average molecular weight is 242 g/mol. The lowest BCUT2D eigenvalue weighted by molar-refractivity contribution is 0.0958. The second-order valence-corrected chi connectivity index (χ2v) is 3.91. The van der Waals surface area contributed by atoms with Crippen LogP contribution in [0, 0.1) is 12.3 Å². The first-order valence-electron chi connectivity index (χ1n) is 4.25. The Labute approximate surface area is 98.6 Å². The van der Waals surface area contributed by atoms with Gasteiger partial charge in [-0.2, -0.15) is 0 Å². The third kappa shape index (κ3) is 3.47. The van der Waals surface area contributed by atoms with Crippen molar-refractivity contribution in [2.75, 3.05) is 6.54 Å². The Morgan fingerprint density at radius 1 is 1.40 bits per heavy atom. The molecule has 0 atom stereocenters. The van der Waals surface area contributed by atoms with Crippen LogP contribution in [0.15, 0.2) is 24.3 Å². The van der Waals surface area contributed by atoms with Crippen molar-refractivity contribution in [1.29, 1.82) is 0 Å². The van der Waals surface area contributed by atoms with Crippen LogP contribution in [0.1, 0.15) is 20.8 Å². The highest BCUT2D eigenvalue weighted by Gasteiger charge is 2.06. The van der Waals surface area contributed by atoms with Crippen molar-refractivity contribution in [2.24, 2.45) is 0 Å². The Morgan fingerprint density at radius 2 is 2.00 bits per heavy atom. The molecule has 0 bridgehead atoms. The van der Waals surface area contributed by atoms with E-state index in [1.807, 2.05) is 0 Å². The molecule has 0 aliphatic rings. The number of hydrogen-bond donors (Lipinski definition) is 1. The van der Waals surface area contributed by atoms with Gasteiger partial charge in [0, 0.05) is 5.56 Å². The maximum Gasteiger partial charge on any atom is 0.252 e. The zero-order valence-electron chi connectivity index (χ0n) is 7.84. The van der Waals surface area contributed by atoms with Gasteiger partial charge in [-0.1, -0.05) is 18.1 Å². The number of amides is 1. The molecule has 0 aromatic heterocycles. The highest BCUT2D eigenvalue weighted by molar-refractivity contribution is 6.44. The summed E-state index contributed by atoms with van der Waals surface area (Å²) in [4.78, 5) is 10.8. The molecule has 1 rings (SSSR count). The molecule has 15 heavy (non-hydrogen) atoms. The Bertz CT molecular complexity index is 379. The molecule has 0 aliphatic carbocycles. The summed E-state index contributed by atoms with van der Waals surface area (Å²) in [6.45, 7) is 0.216. The van der Waals surface area contributed by atoms with Gasteiger partial charge < -0.3 is 5.32 Å². The van der Waals surface area contributed by atoms with E-state index in [2.05, 4.69) is 11.2 Å². The minimum Gasteiger partial charge on any atom is -0.341 e. The summed E-state index contributed by atoms with van der Waals surface area (Å²) in [5.41, 5.74) is 1.29. The van der Waals surface area contributed by atoms with E-state index < -0.39 is 4.84 Å². The number of carbonyl (C=O) groups excluding carboxylic acids is 1. The van der Waals surface area contributed by atoms with E-state index in [1.165, 1.54) is 0 Å². The van der Waals surface area contributed by atoms with Gasteiger partial charge in [0.1, 0.15) is 4.84 Å². The second kappa shape index (κ2) is 5.65. The topological polar surface area (TPSA) is 29.1 Å². The molecule has 0 saturated heterocycles. The van der Waals surface area contributed by atoms with E-state index >= 15 is 0 Å². The van der Waals surface area contributed by atoms with E-state index in [9.17, 15) is 4.79 Å². The molecule has 1 N–H and O–H groups in total. The third-order valence-corrected chi connectivity index (χ3v) is 2.28. The van der Waals surface area contributed by atoms with Gasteiger partial charge in [-0.25, -0.2) is 0 Å². The van der Waals surface area contributed by atoms with Crippen molar-refractivity contribution in [1.82, 2.24) is 5.32 Å². The fourth-order valence-electron chi connectivity index (χ4n) is 1.01. The van der Waals surface area contributed by atoms with Crippen molar-refractivity contribution in [2.45, 2.75) is 4.84 Å². The number of hydrogen-bond acceptors (Lipinski definition) is 1. The molecule has 1 aromatic rings. The summed E-state index contributed by atoms with van der Waals surface area (Å²) in [5, 5.41) is 2.56. The minimum atomic E-state index is -0.576. The lowest BCUT2D eigenvalue weighted by Crippen LogP contribution is -2.23. The molecule has 0 saturated carbocycles. The van der Waals surface area contributed by atoms with Crippen LogP contribution in [0.4, 0.5) is 0 Å². The molecule has 4 heteroatoms. The van der Waals surface area contributed by atoms with Crippen molar-refractivity contribution < 1.29 is 4.79 Å². The lowest BCUT2D eigenvalue weighted by atomic mass is 10.1. The van der Waals surface area contributed by atoms with E-state index in [0.717, 1.165) is 5.56 Å². The molecular weight excluding hydrogens is 233 g/mol. The molecule has 1 aromatic carbocycles. The molecule has 78 valence electrons. The standard InChI is InChI=1S/C11H9Cl2NO/c1-2-7-14-11(15)9-5-3-8(4-6-9)10(12)13/h1,3-6,10H,7H2,(H,14,15). The Hall–Kier alpha value is -1.17. The van der Waals surface area contributed by atoms with Crippen LogP contribution in [-0.2, 0) is 0 Å². The lowest BCUT2D eigenvalue weighted by Gasteiger charge is -2.04. The highest BCUT2D eigenvalue weighted by Crippen LogP contribution is 2.24. The van der Waals surface area contributed by atoms with Gasteiger partial charge in [0.2, 0.25) is 0 Å². The largest absolute Gasteiger partial charge is 0.341 e. The van der Waals surface area contributed by atoms with Crippen LogP contribution in [-0.4, -0.2) is 12.5 Å². The van der Waals surface area contributed by atoms with Gasteiger partial charge in [-0.05, 0) is 17.7 Å². The zero-order valence-corrected chi connectivity index (χ0v) is 9.35. The predicted octanol–water partition coefficient (Wildman–Crippen LogP) is 2.53. The van der Waals surface area contributed by atoms with Crippen LogP contribution < -0.4 is 5.32 Å². The monoisotopic (exact) mass is 241 g/mol. The number of benzene rings is 1. The highest BCUT2D eigenvalue weighted by atomic mass is 35.5. The Kier molecular flexibility index (Phi) is 4.48. The van der Waals surface area contributed by atoms with Crippen LogP contribution in [0.3, 0.4) is 0 Å². The van der Waals surface area contributed by atoms with Crippen molar-refractivity contribution >= 4 is 29.1 Å². The molecular formula is C11H9Cl2NO. The van der Waals surface area contributed by atoms with Crippen LogP contribution in [0.25, 0.3) is 0 Å². The summed E-state index contributed by atoms with van der Waals surface area (Å²) in [5.74, 6) is 2.12. The zero-order chi connectivity index (χ0) is 11.3. The van der Waals surface area contributed by atoms with Crippen LogP contribution in [0.5, 0.6) is 0 Å². The van der Waals surface area contributed by atoms with Gasteiger partial charge in [0.05, 0.1) is 6.54 Å². The van der Waals surface area contributed by atoms with Gasteiger partial charge in [0.15, 0.2) is 0 Å². The number of rotatable bonds is 3. The predicted molar refractivity (Wildman–Crippen MR) is 62.1 cm³/mol. The molecule has 2 nitrogen and oxygen atoms in total. The number of halogens is 2. The quantitative estimate of drug-likeness (QED) is 0.640. The van der Waals surface area contributed by atoms with E-state index in [0.29, 0.717) is 5.56 Å². The summed E-state index contributed by atoms with van der Waals surface area (Å²) in [7, 11) is 0. The number of alkyl halides is 2. The summed E-state index contributed by atoms with van der Waals surface area (Å²) >= 11 is 11.3. The van der Waals surface area contributed by atoms with E-state index in [1.54, 1.807) is 24.3 Å². The fourth-order valence-corrected chi connectivity index (χ4v) is 1.30. The number of carbonyl (C=O) groups is 1. The van der Waals surface area contributed by atoms with Crippen molar-refractivity contribution in [3.8, 4) is 12.3 Å². The second-order valence-electron chi connectivity index (χ2n) is 2.81. The van der Waals surface area contributed by atoms with Crippen LogP contribution in [0.2, 0.25) is 0 Å². The smallest absolute Gasteiger partial charge is 0.252 e. The Morgan fingerprint density at radius 3 is 2.47 bits per heavy atom. The molecule has 0 radical (unpaired) electrons. The first-order valence-corrected chi connectivity index (χ1v) is 5.12. The van der Waals surface area contributed by atoms with Gasteiger partial charge in [0.25, 0.3) is 5.91 Å². The first kappa shape index (κ1) is 11.9. The van der Waals surface area contributed by atoms with Crippen molar-refractivity contribution in [3.05, 3.63) is 35.4 Å². The Balaban J connectivity index is 2.72. The summed E-state index contributed by atoms with van der Waals surface area (Å²) in [6.07, 6.45) is 5.02. The summed E-state index contributed by atoms with van der Waals surface area (Å²) in [6, 6.07) is 6.71. The number of nitrogens with one attached hydrogen (secondary N) is 1. The maximum absolute atomic E-state index is 11.4. The molecule has 0 aliphatic heterocycles. The normalized spacial score (nSPS) is 9.73. The number of terminal acetylenes is 1. The average Bonchev–Trinajstić information content (AvgIpc) is 2.26. The van der Waals surface area contributed by atoms with Crippen LogP contribution >= 0.6 is 23.2 Å². The van der Waals surface area contributed by atoms with Gasteiger partial charge in [-0.3, -0.25) is 4.79 Å². The molecule has 0 fully saturated rings. The third-order valence-electron chi connectivity index (χ3n) is 1.78. The van der Waals surface area contributed by atoms with Gasteiger partial charge in [-0.15, -0.1) is 29.6 Å². The maximum atomic E-state index is 11.4. The molecule has 0 spiro atoms. The molecule has 1 amide bonds. The SMILES string of the molecule is C#CCNC(=O)c1ccc(C(Cl)Cl)cc1. The van der Waals surface area contributed by atoms with Crippen molar-refractivity contribution in [3.63, 3.8) is 0 Å². The summed E-state index contributed by atoms with van der Waals surface area (Å²) < 4.78 is 0. The van der Waals surface area contributed by atoms with E-state index in [4.69, 9.17) is 29.6 Å². The first-order chi connectivity index (χ1) is 7.15. The fraction of sp³-hybridized carbons (Fsp3) is 0.182. The van der Waals surface area contributed by atoms with Gasteiger partial charge >= 0.3 is 0 Å². The minimum absolute atomic E-state index is 0.208.